The van der Waals surface area contributed by atoms with Gasteiger partial charge >= 0.3 is 0 Å². The zero-order chi connectivity index (χ0) is 15.8. The summed E-state index contributed by atoms with van der Waals surface area (Å²) in [4.78, 5) is 0. The van der Waals surface area contributed by atoms with Gasteiger partial charge in [-0.25, -0.2) is 0 Å². The van der Waals surface area contributed by atoms with Crippen LogP contribution in [0.4, 0.5) is 0 Å². The summed E-state index contributed by atoms with van der Waals surface area (Å²) < 4.78 is 15.8. The molecule has 0 aromatic carbocycles. The Kier molecular flexibility index (Phi) is 16.0. The molecule has 0 amide bonds. The standard InChI is InChI=1S/C16H35NO4/c1-4-6-7-15(5-2)13-21-14-16(18)12-17-8-9-20-11-10-19-3/h15-18H,4-14H2,1-3H3. The lowest BCUT2D eigenvalue weighted by Crippen LogP contribution is -2.33. The van der Waals surface area contributed by atoms with Gasteiger partial charge in [-0.3, -0.25) is 0 Å². The van der Waals surface area contributed by atoms with E-state index in [4.69, 9.17) is 14.2 Å². The van der Waals surface area contributed by atoms with Gasteiger partial charge in [-0.2, -0.15) is 0 Å². The highest BCUT2D eigenvalue weighted by Crippen LogP contribution is 2.12. The Balaban J connectivity index is 3.38. The maximum Gasteiger partial charge on any atom is 0.0897 e. The van der Waals surface area contributed by atoms with E-state index in [9.17, 15) is 5.11 Å². The van der Waals surface area contributed by atoms with Crippen LogP contribution in [0.3, 0.4) is 0 Å². The monoisotopic (exact) mass is 305 g/mol. The van der Waals surface area contributed by atoms with Crippen LogP contribution in [0.2, 0.25) is 0 Å². The second kappa shape index (κ2) is 16.2. The zero-order valence-electron chi connectivity index (χ0n) is 14.1. The van der Waals surface area contributed by atoms with Crippen molar-refractivity contribution in [2.45, 2.75) is 45.6 Å². The molecule has 0 bridgehead atoms. The van der Waals surface area contributed by atoms with Crippen LogP contribution >= 0.6 is 0 Å². The average Bonchev–Trinajstić information content (AvgIpc) is 2.49. The van der Waals surface area contributed by atoms with E-state index in [-0.39, 0.29) is 0 Å². The minimum absolute atomic E-state index is 0.403. The quantitative estimate of drug-likeness (QED) is 0.426. The Morgan fingerprint density at radius 2 is 1.86 bits per heavy atom. The van der Waals surface area contributed by atoms with Crippen LogP contribution in [0.1, 0.15) is 39.5 Å². The van der Waals surface area contributed by atoms with Crippen LogP contribution < -0.4 is 5.32 Å². The van der Waals surface area contributed by atoms with Gasteiger partial charge < -0.3 is 24.6 Å². The van der Waals surface area contributed by atoms with E-state index in [0.717, 1.165) is 19.6 Å². The van der Waals surface area contributed by atoms with Crippen molar-refractivity contribution in [3.05, 3.63) is 0 Å². The number of aliphatic hydroxyl groups excluding tert-OH is 1. The van der Waals surface area contributed by atoms with Gasteiger partial charge in [0.1, 0.15) is 0 Å². The highest BCUT2D eigenvalue weighted by molar-refractivity contribution is 4.60. The minimum Gasteiger partial charge on any atom is -0.389 e. The molecular formula is C16H35NO4. The van der Waals surface area contributed by atoms with Gasteiger partial charge in [-0.15, -0.1) is 0 Å². The Hall–Kier alpha value is -0.200. The van der Waals surface area contributed by atoms with E-state index in [1.807, 2.05) is 0 Å². The highest BCUT2D eigenvalue weighted by Gasteiger charge is 2.08. The lowest BCUT2D eigenvalue weighted by Gasteiger charge is -2.17. The van der Waals surface area contributed by atoms with Gasteiger partial charge in [-0.05, 0) is 12.3 Å². The molecule has 0 spiro atoms. The molecule has 21 heavy (non-hydrogen) atoms. The maximum absolute atomic E-state index is 9.80. The van der Waals surface area contributed by atoms with Crippen molar-refractivity contribution in [3.8, 4) is 0 Å². The van der Waals surface area contributed by atoms with Crippen LogP contribution in [-0.2, 0) is 14.2 Å². The Morgan fingerprint density at radius 3 is 2.52 bits per heavy atom. The molecule has 0 radical (unpaired) electrons. The summed E-state index contributed by atoms with van der Waals surface area (Å²) in [6.45, 7) is 8.70. The van der Waals surface area contributed by atoms with E-state index in [0.29, 0.717) is 38.9 Å². The number of unbranched alkanes of at least 4 members (excludes halogenated alkanes) is 1. The fourth-order valence-corrected chi connectivity index (χ4v) is 1.99. The van der Waals surface area contributed by atoms with Crippen molar-refractivity contribution in [1.29, 1.82) is 0 Å². The van der Waals surface area contributed by atoms with Gasteiger partial charge in [0.15, 0.2) is 0 Å². The SMILES string of the molecule is CCCCC(CC)COCC(O)CNCCOCCOC. The summed E-state index contributed by atoms with van der Waals surface area (Å²) >= 11 is 0. The first-order valence-electron chi connectivity index (χ1n) is 8.27. The van der Waals surface area contributed by atoms with Gasteiger partial charge in [0, 0.05) is 26.8 Å². The Labute approximate surface area is 130 Å². The number of rotatable bonds is 16. The summed E-state index contributed by atoms with van der Waals surface area (Å²) in [7, 11) is 1.66. The van der Waals surface area contributed by atoms with E-state index in [2.05, 4.69) is 19.2 Å². The molecule has 5 heteroatoms. The van der Waals surface area contributed by atoms with Crippen molar-refractivity contribution in [2.75, 3.05) is 53.2 Å². The molecule has 0 aliphatic carbocycles. The summed E-state index contributed by atoms with van der Waals surface area (Å²) in [5.41, 5.74) is 0. The molecule has 0 rings (SSSR count). The first-order chi connectivity index (χ1) is 10.2. The molecule has 0 fully saturated rings. The topological polar surface area (TPSA) is 60.0 Å². The van der Waals surface area contributed by atoms with E-state index < -0.39 is 6.10 Å². The smallest absolute Gasteiger partial charge is 0.0897 e. The largest absolute Gasteiger partial charge is 0.389 e. The second-order valence-electron chi connectivity index (χ2n) is 5.42. The summed E-state index contributed by atoms with van der Waals surface area (Å²) in [5.74, 6) is 0.624. The fraction of sp³-hybridized carbons (Fsp3) is 1.00. The average molecular weight is 305 g/mol. The predicted octanol–water partition coefficient (Wildman–Crippen LogP) is 1.83. The molecule has 5 nitrogen and oxygen atoms in total. The van der Waals surface area contributed by atoms with Crippen molar-refractivity contribution in [1.82, 2.24) is 5.32 Å². The van der Waals surface area contributed by atoms with Crippen molar-refractivity contribution >= 4 is 0 Å². The molecule has 0 aliphatic rings. The number of methoxy groups -OCH3 is 1. The third-order valence-corrected chi connectivity index (χ3v) is 3.44. The zero-order valence-corrected chi connectivity index (χ0v) is 14.1. The van der Waals surface area contributed by atoms with E-state index >= 15 is 0 Å². The first-order valence-corrected chi connectivity index (χ1v) is 8.27. The molecule has 0 aliphatic heterocycles. The summed E-state index contributed by atoms with van der Waals surface area (Å²) in [6.07, 6.45) is 4.41. The minimum atomic E-state index is -0.451. The number of hydrogen-bond acceptors (Lipinski definition) is 5. The summed E-state index contributed by atoms with van der Waals surface area (Å²) in [6, 6.07) is 0. The fourth-order valence-electron chi connectivity index (χ4n) is 1.99. The molecule has 128 valence electrons. The number of nitrogens with one attached hydrogen (secondary N) is 1. The molecule has 2 unspecified atom stereocenters. The lowest BCUT2D eigenvalue weighted by molar-refractivity contribution is 0.0179. The number of ether oxygens (including phenoxy) is 3. The van der Waals surface area contributed by atoms with Crippen LogP contribution in [-0.4, -0.2) is 64.4 Å². The van der Waals surface area contributed by atoms with Gasteiger partial charge in [0.2, 0.25) is 0 Å². The lowest BCUT2D eigenvalue weighted by atomic mass is 10.0. The predicted molar refractivity (Wildman–Crippen MR) is 85.7 cm³/mol. The second-order valence-corrected chi connectivity index (χ2v) is 5.42. The first kappa shape index (κ1) is 20.8. The molecule has 2 N–H and O–H groups in total. The molecule has 0 aromatic heterocycles. The molecular weight excluding hydrogens is 270 g/mol. The van der Waals surface area contributed by atoms with Gasteiger partial charge in [0.05, 0.1) is 32.5 Å². The van der Waals surface area contributed by atoms with Gasteiger partial charge in [-0.1, -0.05) is 33.1 Å². The normalized spacial score (nSPS) is 14.3. The van der Waals surface area contributed by atoms with Crippen LogP contribution in [0, 0.1) is 5.92 Å². The van der Waals surface area contributed by atoms with Crippen LogP contribution in [0.5, 0.6) is 0 Å². The summed E-state index contributed by atoms with van der Waals surface area (Å²) in [5, 5.41) is 13.0. The third-order valence-electron chi connectivity index (χ3n) is 3.44. The highest BCUT2D eigenvalue weighted by atomic mass is 16.5. The van der Waals surface area contributed by atoms with Crippen molar-refractivity contribution in [2.24, 2.45) is 5.92 Å². The number of aliphatic hydroxyl groups is 1. The van der Waals surface area contributed by atoms with Crippen molar-refractivity contribution < 1.29 is 19.3 Å². The van der Waals surface area contributed by atoms with Gasteiger partial charge in [0.25, 0.3) is 0 Å². The van der Waals surface area contributed by atoms with E-state index in [1.54, 1.807) is 7.11 Å². The number of hydrogen-bond donors (Lipinski definition) is 2. The Bertz CT molecular complexity index is 205. The van der Waals surface area contributed by atoms with Crippen LogP contribution in [0.25, 0.3) is 0 Å². The van der Waals surface area contributed by atoms with Crippen LogP contribution in [0.15, 0.2) is 0 Å². The Morgan fingerprint density at radius 1 is 1.05 bits per heavy atom. The maximum atomic E-state index is 9.80. The molecule has 0 aromatic rings. The molecule has 0 saturated heterocycles. The third kappa shape index (κ3) is 14.5. The molecule has 0 saturated carbocycles. The van der Waals surface area contributed by atoms with Crippen molar-refractivity contribution in [3.63, 3.8) is 0 Å². The molecule has 0 heterocycles. The molecule has 2 atom stereocenters. The van der Waals surface area contributed by atoms with E-state index in [1.165, 1.54) is 19.3 Å².